The van der Waals surface area contributed by atoms with Crippen LogP contribution in [0.2, 0.25) is 0 Å². The van der Waals surface area contributed by atoms with Gasteiger partial charge in [0.1, 0.15) is 6.29 Å². The predicted molar refractivity (Wildman–Crippen MR) is 58.3 cm³/mol. The highest BCUT2D eigenvalue weighted by Crippen LogP contribution is 1.97. The molecule has 0 radical (unpaired) electrons. The highest BCUT2D eigenvalue weighted by atomic mass is 16.1. The summed E-state index contributed by atoms with van der Waals surface area (Å²) in [7, 11) is 0. The van der Waals surface area contributed by atoms with E-state index in [1.54, 1.807) is 0 Å². The van der Waals surface area contributed by atoms with Crippen LogP contribution in [0.1, 0.15) is 18.4 Å². The highest BCUT2D eigenvalue weighted by Gasteiger charge is 1.90. The summed E-state index contributed by atoms with van der Waals surface area (Å²) < 4.78 is 0. The molecule has 1 N–H and O–H groups in total. The smallest absolute Gasteiger partial charge is 0.120 e. The van der Waals surface area contributed by atoms with Gasteiger partial charge in [-0.05, 0) is 31.5 Å². The average molecular weight is 191 g/mol. The molecule has 0 bridgehead atoms. The molecule has 0 heterocycles. The van der Waals surface area contributed by atoms with Crippen LogP contribution in [0.4, 0.5) is 0 Å². The molecule has 0 unspecified atom stereocenters. The molecule has 0 spiro atoms. The van der Waals surface area contributed by atoms with Gasteiger partial charge in [0.15, 0.2) is 0 Å². The lowest BCUT2D eigenvalue weighted by molar-refractivity contribution is -0.107. The number of benzene rings is 1. The van der Waals surface area contributed by atoms with Crippen LogP contribution in [0, 0.1) is 0 Å². The van der Waals surface area contributed by atoms with Gasteiger partial charge in [-0.25, -0.2) is 0 Å². The molecule has 0 aromatic heterocycles. The van der Waals surface area contributed by atoms with E-state index in [9.17, 15) is 4.79 Å². The van der Waals surface area contributed by atoms with E-state index in [2.05, 4.69) is 29.6 Å². The molecule has 1 aromatic rings. The van der Waals surface area contributed by atoms with Crippen LogP contribution in [-0.4, -0.2) is 19.4 Å². The van der Waals surface area contributed by atoms with Gasteiger partial charge in [0.2, 0.25) is 0 Å². The van der Waals surface area contributed by atoms with Crippen LogP contribution in [0.25, 0.3) is 0 Å². The number of hydrogen-bond donors (Lipinski definition) is 1. The van der Waals surface area contributed by atoms with E-state index < -0.39 is 0 Å². The Kier molecular flexibility index (Phi) is 5.68. The molecule has 1 rings (SSSR count). The maximum absolute atomic E-state index is 10.0. The molecular weight excluding hydrogens is 174 g/mol. The Hall–Kier alpha value is -1.15. The number of hydrogen-bond acceptors (Lipinski definition) is 2. The van der Waals surface area contributed by atoms with Crippen LogP contribution < -0.4 is 5.32 Å². The lowest BCUT2D eigenvalue weighted by atomic mass is 10.1. The topological polar surface area (TPSA) is 29.1 Å². The van der Waals surface area contributed by atoms with Gasteiger partial charge in [-0.3, -0.25) is 0 Å². The molecule has 0 atom stereocenters. The van der Waals surface area contributed by atoms with Gasteiger partial charge in [0.05, 0.1) is 0 Å². The Labute approximate surface area is 85.3 Å². The molecule has 0 saturated heterocycles. The number of nitrogens with one attached hydrogen (secondary N) is 1. The first-order valence-electron chi connectivity index (χ1n) is 5.12. The van der Waals surface area contributed by atoms with Gasteiger partial charge in [-0.1, -0.05) is 30.3 Å². The fourth-order valence-corrected chi connectivity index (χ4v) is 1.31. The van der Waals surface area contributed by atoms with Crippen molar-refractivity contribution < 1.29 is 4.79 Å². The molecule has 76 valence electrons. The molecule has 1 aromatic carbocycles. The molecular formula is C12H17NO. The van der Waals surface area contributed by atoms with Crippen molar-refractivity contribution in [3.05, 3.63) is 35.9 Å². The lowest BCUT2D eigenvalue weighted by Gasteiger charge is -2.03. The van der Waals surface area contributed by atoms with Crippen LogP contribution in [0.3, 0.4) is 0 Å². The second-order valence-electron chi connectivity index (χ2n) is 3.29. The molecule has 2 heteroatoms. The van der Waals surface area contributed by atoms with Crippen molar-refractivity contribution in [1.82, 2.24) is 5.32 Å². The standard InChI is InChI=1S/C12H17NO/c14-11-5-4-9-13-10-8-12-6-2-1-3-7-12/h1-3,6-7,11,13H,4-5,8-10H2. The van der Waals surface area contributed by atoms with E-state index in [1.807, 2.05) is 6.07 Å². The number of carbonyl (C=O) groups is 1. The first kappa shape index (κ1) is 10.9. The normalized spacial score (nSPS) is 10.0. The molecule has 0 aliphatic heterocycles. The monoisotopic (exact) mass is 191 g/mol. The highest BCUT2D eigenvalue weighted by molar-refractivity contribution is 5.48. The average Bonchev–Trinajstić information content (AvgIpc) is 2.25. The minimum atomic E-state index is 0.665. The van der Waals surface area contributed by atoms with Crippen molar-refractivity contribution >= 4 is 6.29 Å². The number of unbranched alkanes of at least 4 members (excludes halogenated alkanes) is 1. The first-order chi connectivity index (χ1) is 6.93. The zero-order valence-electron chi connectivity index (χ0n) is 8.41. The quantitative estimate of drug-likeness (QED) is 0.526. The number of rotatable bonds is 7. The summed E-state index contributed by atoms with van der Waals surface area (Å²) in [5, 5.41) is 3.31. The van der Waals surface area contributed by atoms with Gasteiger partial charge in [0.25, 0.3) is 0 Å². The third-order valence-corrected chi connectivity index (χ3v) is 2.11. The second kappa shape index (κ2) is 7.27. The third kappa shape index (κ3) is 4.77. The Morgan fingerprint density at radius 1 is 1.14 bits per heavy atom. The van der Waals surface area contributed by atoms with E-state index in [1.165, 1.54) is 5.56 Å². The summed E-state index contributed by atoms with van der Waals surface area (Å²) in [4.78, 5) is 10.0. The molecule has 0 saturated carbocycles. The van der Waals surface area contributed by atoms with Crippen LogP contribution in [-0.2, 0) is 11.2 Å². The maximum Gasteiger partial charge on any atom is 0.120 e. The second-order valence-corrected chi connectivity index (χ2v) is 3.29. The molecule has 14 heavy (non-hydrogen) atoms. The molecule has 0 aliphatic rings. The van der Waals surface area contributed by atoms with Gasteiger partial charge in [0, 0.05) is 6.42 Å². The van der Waals surface area contributed by atoms with Gasteiger partial charge < -0.3 is 10.1 Å². The molecule has 2 nitrogen and oxygen atoms in total. The fourth-order valence-electron chi connectivity index (χ4n) is 1.31. The van der Waals surface area contributed by atoms with E-state index in [-0.39, 0.29) is 0 Å². The van der Waals surface area contributed by atoms with Crippen LogP contribution in [0.15, 0.2) is 30.3 Å². The maximum atomic E-state index is 10.0. The summed E-state index contributed by atoms with van der Waals surface area (Å²) >= 11 is 0. The van der Waals surface area contributed by atoms with E-state index in [0.29, 0.717) is 6.42 Å². The Morgan fingerprint density at radius 3 is 2.64 bits per heavy atom. The first-order valence-corrected chi connectivity index (χ1v) is 5.12. The Balaban J connectivity index is 2.02. The van der Waals surface area contributed by atoms with Crippen molar-refractivity contribution in [3.63, 3.8) is 0 Å². The summed E-state index contributed by atoms with van der Waals surface area (Å²) in [5.74, 6) is 0. The largest absolute Gasteiger partial charge is 0.316 e. The van der Waals surface area contributed by atoms with Gasteiger partial charge >= 0.3 is 0 Å². The van der Waals surface area contributed by atoms with E-state index >= 15 is 0 Å². The molecule has 0 fully saturated rings. The minimum absolute atomic E-state index is 0.665. The van der Waals surface area contributed by atoms with E-state index in [4.69, 9.17) is 0 Å². The number of carbonyl (C=O) groups excluding carboxylic acids is 1. The summed E-state index contributed by atoms with van der Waals surface area (Å²) in [5.41, 5.74) is 1.36. The van der Waals surface area contributed by atoms with Crippen molar-refractivity contribution in [2.45, 2.75) is 19.3 Å². The van der Waals surface area contributed by atoms with Gasteiger partial charge in [-0.2, -0.15) is 0 Å². The van der Waals surface area contributed by atoms with Crippen molar-refractivity contribution in [2.75, 3.05) is 13.1 Å². The number of aldehydes is 1. The zero-order valence-corrected chi connectivity index (χ0v) is 8.41. The van der Waals surface area contributed by atoms with Crippen molar-refractivity contribution in [3.8, 4) is 0 Å². The van der Waals surface area contributed by atoms with Crippen molar-refractivity contribution in [1.29, 1.82) is 0 Å². The predicted octanol–water partition coefficient (Wildman–Crippen LogP) is 1.80. The Morgan fingerprint density at radius 2 is 1.93 bits per heavy atom. The minimum Gasteiger partial charge on any atom is -0.316 e. The lowest BCUT2D eigenvalue weighted by Crippen LogP contribution is -2.18. The zero-order chi connectivity index (χ0) is 10.1. The molecule has 0 aliphatic carbocycles. The SMILES string of the molecule is O=CCCCNCCc1ccccc1. The van der Waals surface area contributed by atoms with Crippen molar-refractivity contribution in [2.24, 2.45) is 0 Å². The summed E-state index contributed by atoms with van der Waals surface area (Å²) in [6.07, 6.45) is 3.64. The van der Waals surface area contributed by atoms with Gasteiger partial charge in [-0.15, -0.1) is 0 Å². The van der Waals surface area contributed by atoms with Crippen LogP contribution >= 0.6 is 0 Å². The third-order valence-electron chi connectivity index (χ3n) is 2.11. The summed E-state index contributed by atoms with van der Waals surface area (Å²) in [6, 6.07) is 10.4. The summed E-state index contributed by atoms with van der Waals surface area (Å²) in [6.45, 7) is 1.93. The Bertz CT molecular complexity index is 246. The van der Waals surface area contributed by atoms with Crippen LogP contribution in [0.5, 0.6) is 0 Å². The van der Waals surface area contributed by atoms with E-state index in [0.717, 1.165) is 32.2 Å². The molecule has 0 amide bonds. The fraction of sp³-hybridized carbons (Fsp3) is 0.417.